The Balaban J connectivity index is 2.04. The lowest BCUT2D eigenvalue weighted by Gasteiger charge is -2.15. The number of esters is 1. The van der Waals surface area contributed by atoms with Crippen LogP contribution < -0.4 is 5.32 Å². The largest absolute Gasteiger partial charge is 0.466 e. The summed E-state index contributed by atoms with van der Waals surface area (Å²) < 4.78 is 4.96. The van der Waals surface area contributed by atoms with Gasteiger partial charge in [-0.2, -0.15) is 0 Å². The number of ether oxygens (including phenoxy) is 1. The fourth-order valence-corrected chi connectivity index (χ4v) is 2.55. The Kier molecular flexibility index (Phi) is 5.47. The first-order chi connectivity index (χ1) is 10.4. The van der Waals surface area contributed by atoms with Crippen LogP contribution in [0.4, 0.5) is 11.4 Å². The van der Waals surface area contributed by atoms with Crippen LogP contribution in [-0.2, 0) is 9.53 Å². The van der Waals surface area contributed by atoms with Gasteiger partial charge >= 0.3 is 5.97 Å². The maximum atomic E-state index is 11.1. The average Bonchev–Trinajstić information content (AvgIpc) is 2.87. The summed E-state index contributed by atoms with van der Waals surface area (Å²) in [5.74, 6) is -0.242. The molecule has 0 heterocycles. The number of nitro groups is 1. The molecular weight excluding hydrogens is 331 g/mol. The summed E-state index contributed by atoms with van der Waals surface area (Å²) in [6, 6.07) is 2.56. The lowest BCUT2D eigenvalue weighted by Crippen LogP contribution is -2.18. The molecule has 2 rings (SSSR count). The molecule has 2 atom stereocenters. The van der Waals surface area contributed by atoms with E-state index in [2.05, 4.69) is 5.32 Å². The number of nitrogens with one attached hydrogen (secondary N) is 1. The highest BCUT2D eigenvalue weighted by Crippen LogP contribution is 2.36. The number of carbonyl (C=O) groups is 1. The van der Waals surface area contributed by atoms with Crippen molar-refractivity contribution in [1.29, 1.82) is 0 Å². The molecular formula is C14H14Cl2N2O4. The molecule has 0 aromatic heterocycles. The first-order valence-electron chi connectivity index (χ1n) is 6.58. The van der Waals surface area contributed by atoms with Gasteiger partial charge in [-0.3, -0.25) is 14.9 Å². The Morgan fingerprint density at radius 1 is 1.41 bits per heavy atom. The maximum absolute atomic E-state index is 11.1. The number of anilines is 1. The Morgan fingerprint density at radius 2 is 2.09 bits per heavy atom. The number of nitrogens with zero attached hydrogens (tertiary/aromatic N) is 1. The van der Waals surface area contributed by atoms with E-state index in [9.17, 15) is 14.9 Å². The third-order valence-electron chi connectivity index (χ3n) is 3.25. The smallest absolute Gasteiger partial charge is 0.302 e. The molecule has 0 bridgehead atoms. The molecule has 22 heavy (non-hydrogen) atoms. The van der Waals surface area contributed by atoms with E-state index in [4.69, 9.17) is 27.9 Å². The van der Waals surface area contributed by atoms with Crippen molar-refractivity contribution in [2.24, 2.45) is 5.92 Å². The standard InChI is InChI=1S/C14H14Cl2N2O4/c1-8(19)22-7-9-2-3-10(4-9)17-13-5-11(15)12(16)6-14(13)18(20)21/h2-3,5-6,9-10,17H,4,7H2,1H3/t9-,10-/m0/s1. The van der Waals surface area contributed by atoms with Crippen LogP contribution in [0.25, 0.3) is 0 Å². The van der Waals surface area contributed by atoms with Crippen LogP contribution in [0.3, 0.4) is 0 Å². The minimum Gasteiger partial charge on any atom is -0.466 e. The van der Waals surface area contributed by atoms with E-state index >= 15 is 0 Å². The van der Waals surface area contributed by atoms with Gasteiger partial charge in [0, 0.05) is 19.0 Å². The van der Waals surface area contributed by atoms with Crippen molar-refractivity contribution in [1.82, 2.24) is 0 Å². The van der Waals surface area contributed by atoms with Crippen LogP contribution in [0, 0.1) is 28.9 Å². The van der Waals surface area contributed by atoms with Crippen molar-refractivity contribution in [3.05, 3.63) is 45.1 Å². The number of halogens is 2. The molecule has 1 N–H and O–H groups in total. The van der Waals surface area contributed by atoms with Gasteiger partial charge in [-0.15, -0.1) is 0 Å². The highest BCUT2D eigenvalue weighted by atomic mass is 35.5. The number of nitro benzene ring substituents is 1. The molecule has 0 amide bonds. The number of benzene rings is 1. The van der Waals surface area contributed by atoms with Gasteiger partial charge in [0.1, 0.15) is 5.69 Å². The minimum absolute atomic E-state index is 0.0863. The van der Waals surface area contributed by atoms with E-state index in [-0.39, 0.29) is 33.7 Å². The molecule has 2 radical (unpaired) electrons. The molecule has 1 aromatic rings. The normalized spacial score (nSPS) is 20.7. The SMILES string of the molecule is CC(=O)OC[C@H]1[CH][CH][C@H](Nc2cc(Cl)c(Cl)cc2[N+](=O)[O-])C1. The van der Waals surface area contributed by atoms with Crippen LogP contribution in [0.1, 0.15) is 13.3 Å². The fraction of sp³-hybridized carbons (Fsp3) is 0.357. The van der Waals surface area contributed by atoms with Gasteiger partial charge in [0.25, 0.3) is 5.69 Å². The number of hydrogen-bond donors (Lipinski definition) is 1. The number of hydrogen-bond acceptors (Lipinski definition) is 5. The van der Waals surface area contributed by atoms with Crippen molar-refractivity contribution < 1.29 is 14.5 Å². The van der Waals surface area contributed by atoms with Crippen molar-refractivity contribution in [3.63, 3.8) is 0 Å². The summed E-state index contributed by atoms with van der Waals surface area (Å²) in [6.45, 7) is 1.65. The van der Waals surface area contributed by atoms with Crippen molar-refractivity contribution >= 4 is 40.5 Å². The third-order valence-corrected chi connectivity index (χ3v) is 3.97. The van der Waals surface area contributed by atoms with Crippen LogP contribution in [0.15, 0.2) is 12.1 Å². The molecule has 1 fully saturated rings. The van der Waals surface area contributed by atoms with Gasteiger partial charge in [-0.25, -0.2) is 0 Å². The topological polar surface area (TPSA) is 81.5 Å². The molecule has 0 saturated heterocycles. The summed E-state index contributed by atoms with van der Waals surface area (Å²) >= 11 is 11.7. The van der Waals surface area contributed by atoms with Gasteiger partial charge < -0.3 is 10.1 Å². The summed E-state index contributed by atoms with van der Waals surface area (Å²) in [5, 5.41) is 14.5. The van der Waals surface area contributed by atoms with Crippen molar-refractivity contribution in [2.45, 2.75) is 19.4 Å². The quantitative estimate of drug-likeness (QED) is 0.500. The first-order valence-corrected chi connectivity index (χ1v) is 7.34. The Labute approximate surface area is 137 Å². The molecule has 8 heteroatoms. The molecule has 118 valence electrons. The molecule has 6 nitrogen and oxygen atoms in total. The first kappa shape index (κ1) is 16.8. The highest BCUT2D eigenvalue weighted by Gasteiger charge is 2.28. The Hall–Kier alpha value is -1.53. The van der Waals surface area contributed by atoms with E-state index in [1.165, 1.54) is 19.1 Å². The fourth-order valence-electron chi connectivity index (χ4n) is 2.23. The monoisotopic (exact) mass is 344 g/mol. The summed E-state index contributed by atoms with van der Waals surface area (Å²) in [4.78, 5) is 21.4. The van der Waals surface area contributed by atoms with Crippen molar-refractivity contribution in [2.75, 3.05) is 11.9 Å². The van der Waals surface area contributed by atoms with Crippen LogP contribution in [-0.4, -0.2) is 23.5 Å². The molecule has 1 aliphatic rings. The van der Waals surface area contributed by atoms with Gasteiger partial charge in [0.05, 0.1) is 21.6 Å². The van der Waals surface area contributed by atoms with E-state index in [1.807, 2.05) is 12.8 Å². The lowest BCUT2D eigenvalue weighted by molar-refractivity contribution is -0.384. The molecule has 1 aromatic carbocycles. The second-order valence-electron chi connectivity index (χ2n) is 4.97. The van der Waals surface area contributed by atoms with Crippen molar-refractivity contribution in [3.8, 4) is 0 Å². The molecule has 1 saturated carbocycles. The average molecular weight is 345 g/mol. The lowest BCUT2D eigenvalue weighted by atomic mass is 10.1. The zero-order valence-corrected chi connectivity index (χ0v) is 13.2. The summed E-state index contributed by atoms with van der Waals surface area (Å²) in [5.41, 5.74) is 0.174. The predicted octanol–water partition coefficient (Wildman–Crippen LogP) is 3.67. The van der Waals surface area contributed by atoms with Gasteiger partial charge in [-0.05, 0) is 31.2 Å². The molecule has 1 aliphatic carbocycles. The van der Waals surface area contributed by atoms with Gasteiger partial charge in [0.2, 0.25) is 0 Å². The zero-order valence-electron chi connectivity index (χ0n) is 11.7. The Bertz CT molecular complexity index is 594. The van der Waals surface area contributed by atoms with E-state index < -0.39 is 4.92 Å². The maximum Gasteiger partial charge on any atom is 0.302 e. The molecule has 0 spiro atoms. The summed E-state index contributed by atoms with van der Waals surface area (Å²) in [6.07, 6.45) is 4.48. The van der Waals surface area contributed by atoms with Crippen LogP contribution in [0.2, 0.25) is 10.0 Å². The predicted molar refractivity (Wildman–Crippen MR) is 83.9 cm³/mol. The van der Waals surface area contributed by atoms with E-state index in [0.29, 0.717) is 18.7 Å². The van der Waals surface area contributed by atoms with Gasteiger partial charge in [-0.1, -0.05) is 23.2 Å². The van der Waals surface area contributed by atoms with E-state index in [0.717, 1.165) is 0 Å². The second-order valence-corrected chi connectivity index (χ2v) is 5.79. The highest BCUT2D eigenvalue weighted by molar-refractivity contribution is 6.42. The van der Waals surface area contributed by atoms with Gasteiger partial charge in [0.15, 0.2) is 0 Å². The summed E-state index contributed by atoms with van der Waals surface area (Å²) in [7, 11) is 0. The molecule has 0 unspecified atom stereocenters. The van der Waals surface area contributed by atoms with Crippen LogP contribution in [0.5, 0.6) is 0 Å². The zero-order chi connectivity index (χ0) is 16.3. The third kappa shape index (κ3) is 4.24. The molecule has 0 aliphatic heterocycles. The Morgan fingerprint density at radius 3 is 2.73 bits per heavy atom. The number of rotatable bonds is 5. The number of carbonyl (C=O) groups excluding carboxylic acids is 1. The second kappa shape index (κ2) is 7.15. The minimum atomic E-state index is -0.514. The van der Waals surface area contributed by atoms with Crippen LogP contribution >= 0.6 is 23.2 Å². The van der Waals surface area contributed by atoms with E-state index in [1.54, 1.807) is 0 Å².